The van der Waals surface area contributed by atoms with Gasteiger partial charge in [0.2, 0.25) is 0 Å². The van der Waals surface area contributed by atoms with Gasteiger partial charge in [-0.3, -0.25) is 4.90 Å². The molecule has 4 nitrogen and oxygen atoms in total. The Bertz CT molecular complexity index is 563. The van der Waals surface area contributed by atoms with Crippen molar-refractivity contribution in [3.8, 4) is 0 Å². The van der Waals surface area contributed by atoms with Gasteiger partial charge < -0.3 is 9.30 Å². The van der Waals surface area contributed by atoms with Gasteiger partial charge >= 0.3 is 0 Å². The number of hydrogen-bond acceptors (Lipinski definition) is 4. The molecule has 5 heteroatoms. The molecule has 1 atom stereocenters. The van der Waals surface area contributed by atoms with Crippen molar-refractivity contribution < 1.29 is 4.74 Å². The molecule has 0 N–H and O–H groups in total. The number of fused-ring (bicyclic) bond motifs is 1. The molecule has 0 unspecified atom stereocenters. The predicted octanol–water partition coefficient (Wildman–Crippen LogP) is 2.53. The van der Waals surface area contributed by atoms with Crippen LogP contribution < -0.4 is 0 Å². The molecule has 0 amide bonds. The summed E-state index contributed by atoms with van der Waals surface area (Å²) in [5.41, 5.74) is 1.30. The third-order valence-corrected chi connectivity index (χ3v) is 4.72. The maximum atomic E-state index is 5.37. The zero-order valence-electron chi connectivity index (χ0n) is 12.1. The highest BCUT2D eigenvalue weighted by atomic mass is 32.1. The molecule has 1 aliphatic heterocycles. The Balaban J connectivity index is 1.76. The average molecular weight is 291 g/mol. The van der Waals surface area contributed by atoms with Gasteiger partial charge in [-0.25, -0.2) is 4.98 Å². The third-order valence-electron chi connectivity index (χ3n) is 3.73. The molecule has 3 heterocycles. The van der Waals surface area contributed by atoms with Crippen LogP contribution in [0.5, 0.6) is 0 Å². The van der Waals surface area contributed by atoms with Crippen LogP contribution in [0.15, 0.2) is 24.7 Å². The van der Waals surface area contributed by atoms with Gasteiger partial charge in [-0.2, -0.15) is 0 Å². The Hall–Kier alpha value is -1.17. The molecular formula is C15H21N3OS. The quantitative estimate of drug-likeness (QED) is 0.867. The minimum Gasteiger partial charge on any atom is -0.384 e. The number of thiophene rings is 1. The van der Waals surface area contributed by atoms with Crippen LogP contribution >= 0.6 is 11.3 Å². The van der Waals surface area contributed by atoms with E-state index in [-0.39, 0.29) is 0 Å². The van der Waals surface area contributed by atoms with Crippen LogP contribution in [0, 0.1) is 12.8 Å². The van der Waals surface area contributed by atoms with Crippen LogP contribution in [0.3, 0.4) is 0 Å². The normalized spacial score (nSPS) is 19.8. The fourth-order valence-corrected chi connectivity index (χ4v) is 3.82. The lowest BCUT2D eigenvalue weighted by atomic mass is 10.1. The van der Waals surface area contributed by atoms with Crippen molar-refractivity contribution in [2.24, 2.45) is 5.92 Å². The van der Waals surface area contributed by atoms with E-state index in [1.165, 1.54) is 15.4 Å². The lowest BCUT2D eigenvalue weighted by Crippen LogP contribution is -2.29. The van der Waals surface area contributed by atoms with Crippen molar-refractivity contribution in [3.05, 3.63) is 40.1 Å². The molecule has 0 spiro atoms. The predicted molar refractivity (Wildman–Crippen MR) is 80.8 cm³/mol. The lowest BCUT2D eigenvalue weighted by molar-refractivity contribution is 0.115. The van der Waals surface area contributed by atoms with E-state index in [0.717, 1.165) is 32.8 Å². The van der Waals surface area contributed by atoms with Crippen molar-refractivity contribution in [2.45, 2.75) is 26.6 Å². The molecule has 2 aromatic heterocycles. The highest BCUT2D eigenvalue weighted by Crippen LogP contribution is 2.22. The molecule has 0 fully saturated rings. The first kappa shape index (κ1) is 13.8. The second-order valence-electron chi connectivity index (χ2n) is 5.54. The molecule has 3 rings (SSSR count). The first-order chi connectivity index (χ1) is 9.74. The summed E-state index contributed by atoms with van der Waals surface area (Å²) in [7, 11) is 1.78. The molecule has 20 heavy (non-hydrogen) atoms. The van der Waals surface area contributed by atoms with E-state index in [4.69, 9.17) is 4.74 Å². The van der Waals surface area contributed by atoms with Crippen LogP contribution in [-0.2, 0) is 24.4 Å². The van der Waals surface area contributed by atoms with Crippen LogP contribution in [0.2, 0.25) is 0 Å². The number of rotatable bonds is 4. The molecule has 1 aliphatic rings. The summed E-state index contributed by atoms with van der Waals surface area (Å²) >= 11 is 1.89. The minimum atomic E-state index is 0.525. The highest BCUT2D eigenvalue weighted by molar-refractivity contribution is 7.11. The monoisotopic (exact) mass is 291 g/mol. The molecule has 0 aromatic carbocycles. The Morgan fingerprint density at radius 2 is 2.30 bits per heavy atom. The minimum absolute atomic E-state index is 0.525. The largest absolute Gasteiger partial charge is 0.384 e. The molecule has 0 radical (unpaired) electrons. The number of aromatic nitrogens is 2. The number of hydrogen-bond donors (Lipinski definition) is 0. The first-order valence-electron chi connectivity index (χ1n) is 7.00. The number of imidazole rings is 1. The van der Waals surface area contributed by atoms with Crippen molar-refractivity contribution in [2.75, 3.05) is 20.3 Å². The summed E-state index contributed by atoms with van der Waals surface area (Å²) in [5, 5.41) is 0. The zero-order chi connectivity index (χ0) is 13.9. The van der Waals surface area contributed by atoms with E-state index in [1.807, 2.05) is 23.9 Å². The second-order valence-corrected chi connectivity index (χ2v) is 6.91. The standard InChI is InChI=1S/C15H21N3OS/c1-12-3-4-15(20-12)9-17-6-13(10-19-2)7-18-11-16-5-14(18)8-17/h3-5,11,13H,6-10H2,1-2H3/t13-/m0/s1. The Kier molecular flexibility index (Phi) is 4.19. The SMILES string of the molecule is COC[C@H]1CN(Cc2ccc(C)s2)Cc2cncn2C1. The van der Waals surface area contributed by atoms with E-state index < -0.39 is 0 Å². The fraction of sp³-hybridized carbons (Fsp3) is 0.533. The highest BCUT2D eigenvalue weighted by Gasteiger charge is 2.22. The molecular weight excluding hydrogens is 270 g/mol. The van der Waals surface area contributed by atoms with E-state index >= 15 is 0 Å². The van der Waals surface area contributed by atoms with Gasteiger partial charge in [-0.1, -0.05) is 0 Å². The van der Waals surface area contributed by atoms with Crippen LogP contribution in [-0.4, -0.2) is 34.7 Å². The maximum Gasteiger partial charge on any atom is 0.0948 e. The lowest BCUT2D eigenvalue weighted by Gasteiger charge is -2.22. The average Bonchev–Trinajstić information content (AvgIpc) is 2.96. The van der Waals surface area contributed by atoms with Gasteiger partial charge in [0, 0.05) is 55.2 Å². The molecule has 0 bridgehead atoms. The number of aryl methyl sites for hydroxylation is 1. The van der Waals surface area contributed by atoms with Crippen molar-refractivity contribution >= 4 is 11.3 Å². The number of methoxy groups -OCH3 is 1. The van der Waals surface area contributed by atoms with E-state index in [1.54, 1.807) is 7.11 Å². The van der Waals surface area contributed by atoms with E-state index in [2.05, 4.69) is 33.5 Å². The summed E-state index contributed by atoms with van der Waals surface area (Å²) < 4.78 is 7.64. The first-order valence-corrected chi connectivity index (χ1v) is 7.82. The van der Waals surface area contributed by atoms with Crippen molar-refractivity contribution in [1.29, 1.82) is 0 Å². The molecule has 0 saturated heterocycles. The fourth-order valence-electron chi connectivity index (χ4n) is 2.89. The molecule has 0 aliphatic carbocycles. The summed E-state index contributed by atoms with van der Waals surface area (Å²) in [6.45, 7) is 7.04. The van der Waals surface area contributed by atoms with Crippen LogP contribution in [0.25, 0.3) is 0 Å². The smallest absolute Gasteiger partial charge is 0.0948 e. The molecule has 108 valence electrons. The topological polar surface area (TPSA) is 30.3 Å². The van der Waals surface area contributed by atoms with Gasteiger partial charge in [0.15, 0.2) is 0 Å². The molecule has 0 saturated carbocycles. The van der Waals surface area contributed by atoms with Gasteiger partial charge in [-0.15, -0.1) is 11.3 Å². The van der Waals surface area contributed by atoms with E-state index in [9.17, 15) is 0 Å². The third kappa shape index (κ3) is 3.11. The van der Waals surface area contributed by atoms with Gasteiger partial charge in [-0.05, 0) is 19.1 Å². The Morgan fingerprint density at radius 3 is 3.05 bits per heavy atom. The second kappa shape index (κ2) is 6.08. The maximum absolute atomic E-state index is 5.37. The van der Waals surface area contributed by atoms with Gasteiger partial charge in [0.1, 0.15) is 0 Å². The van der Waals surface area contributed by atoms with Crippen molar-refractivity contribution in [3.63, 3.8) is 0 Å². The van der Waals surface area contributed by atoms with Gasteiger partial charge in [0.05, 0.1) is 18.6 Å². The molecule has 2 aromatic rings. The number of nitrogens with zero attached hydrogens (tertiary/aromatic N) is 3. The van der Waals surface area contributed by atoms with Crippen LogP contribution in [0.1, 0.15) is 15.4 Å². The van der Waals surface area contributed by atoms with Gasteiger partial charge in [0.25, 0.3) is 0 Å². The van der Waals surface area contributed by atoms with Crippen LogP contribution in [0.4, 0.5) is 0 Å². The van der Waals surface area contributed by atoms with Crippen molar-refractivity contribution in [1.82, 2.24) is 14.5 Å². The summed E-state index contributed by atoms with van der Waals surface area (Å²) in [5.74, 6) is 0.525. The number of ether oxygens (including phenoxy) is 1. The summed E-state index contributed by atoms with van der Waals surface area (Å²) in [4.78, 5) is 9.61. The Labute approximate surface area is 124 Å². The Morgan fingerprint density at radius 1 is 1.40 bits per heavy atom. The summed E-state index contributed by atoms with van der Waals surface area (Å²) in [6, 6.07) is 4.45. The summed E-state index contributed by atoms with van der Waals surface area (Å²) in [6.07, 6.45) is 3.93. The van der Waals surface area contributed by atoms with E-state index in [0.29, 0.717) is 5.92 Å². The zero-order valence-corrected chi connectivity index (χ0v) is 12.9.